The Morgan fingerprint density at radius 3 is 2.44 bits per heavy atom. The fraction of sp³-hybridized carbons (Fsp3) is 0.550. The molecule has 2 aliphatic heterocycles. The van der Waals surface area contributed by atoms with Crippen molar-refractivity contribution in [2.45, 2.75) is 18.9 Å². The van der Waals surface area contributed by atoms with Gasteiger partial charge in [0.25, 0.3) is 0 Å². The van der Waals surface area contributed by atoms with Crippen LogP contribution in [0, 0.1) is 0 Å². The normalized spacial score (nSPS) is 20.2. The van der Waals surface area contributed by atoms with Gasteiger partial charge in [0.05, 0.1) is 11.9 Å². The van der Waals surface area contributed by atoms with Crippen LogP contribution in [0.4, 0.5) is 11.5 Å². The number of fused-ring (bicyclic) bond motifs is 1. The van der Waals surface area contributed by atoms with Gasteiger partial charge in [0, 0.05) is 50.0 Å². The lowest BCUT2D eigenvalue weighted by molar-refractivity contribution is 0.252. The van der Waals surface area contributed by atoms with Crippen LogP contribution in [0.2, 0.25) is 0 Å². The highest BCUT2D eigenvalue weighted by Crippen LogP contribution is 2.33. The molecule has 2 saturated heterocycles. The van der Waals surface area contributed by atoms with Gasteiger partial charge < -0.3 is 20.0 Å². The third kappa shape index (κ3) is 3.31. The summed E-state index contributed by atoms with van der Waals surface area (Å²) in [6.07, 6.45) is 4.51. The van der Waals surface area contributed by atoms with Gasteiger partial charge in [-0.05, 0) is 33.0 Å². The maximum absolute atomic E-state index is 4.93. The van der Waals surface area contributed by atoms with E-state index in [1.807, 2.05) is 0 Å². The van der Waals surface area contributed by atoms with E-state index in [-0.39, 0.29) is 0 Å². The third-order valence-corrected chi connectivity index (χ3v) is 5.78. The van der Waals surface area contributed by atoms with E-state index >= 15 is 0 Å². The molecule has 0 unspecified atom stereocenters. The van der Waals surface area contributed by atoms with E-state index in [0.717, 1.165) is 32.0 Å². The minimum atomic E-state index is 0.581. The molecule has 5 nitrogen and oxygen atoms in total. The first-order chi connectivity index (χ1) is 12.2. The zero-order chi connectivity index (χ0) is 17.2. The summed E-state index contributed by atoms with van der Waals surface area (Å²) >= 11 is 0. The van der Waals surface area contributed by atoms with Crippen LogP contribution in [0.15, 0.2) is 30.5 Å². The van der Waals surface area contributed by atoms with E-state index in [1.165, 1.54) is 42.4 Å². The van der Waals surface area contributed by atoms with E-state index in [2.05, 4.69) is 64.6 Å². The average Bonchev–Trinajstić information content (AvgIpc) is 2.68. The Hall–Kier alpha value is -1.85. The second-order valence-corrected chi connectivity index (χ2v) is 7.40. The fourth-order valence-electron chi connectivity index (χ4n) is 4.16. The molecule has 134 valence electrons. The summed E-state index contributed by atoms with van der Waals surface area (Å²) in [5.74, 6) is 1.13. The van der Waals surface area contributed by atoms with Gasteiger partial charge in [-0.15, -0.1) is 0 Å². The molecule has 0 aliphatic carbocycles. The molecule has 2 fully saturated rings. The number of rotatable bonds is 3. The molecule has 0 bridgehead atoms. The summed E-state index contributed by atoms with van der Waals surface area (Å²) < 4.78 is 0. The number of nitrogens with one attached hydrogen (secondary N) is 1. The van der Waals surface area contributed by atoms with Crippen LogP contribution in [0.5, 0.6) is 0 Å². The molecular formula is C20H29N5. The molecule has 0 amide bonds. The molecule has 0 spiro atoms. The largest absolute Gasteiger partial charge is 0.367 e. The van der Waals surface area contributed by atoms with Crippen molar-refractivity contribution in [2.75, 3.05) is 63.2 Å². The summed E-state index contributed by atoms with van der Waals surface area (Å²) in [4.78, 5) is 12.2. The van der Waals surface area contributed by atoms with E-state index in [0.29, 0.717) is 6.04 Å². The van der Waals surface area contributed by atoms with E-state index in [1.54, 1.807) is 0 Å². The highest BCUT2D eigenvalue weighted by molar-refractivity contribution is 6.00. The van der Waals surface area contributed by atoms with Crippen LogP contribution >= 0.6 is 0 Å². The topological polar surface area (TPSA) is 34.6 Å². The van der Waals surface area contributed by atoms with Gasteiger partial charge in [-0.25, -0.2) is 4.98 Å². The molecule has 25 heavy (non-hydrogen) atoms. The van der Waals surface area contributed by atoms with E-state index in [4.69, 9.17) is 4.98 Å². The number of piperidine rings is 1. The fourth-order valence-corrected chi connectivity index (χ4v) is 4.16. The summed E-state index contributed by atoms with van der Waals surface area (Å²) in [7, 11) is 4.43. The maximum atomic E-state index is 4.93. The van der Waals surface area contributed by atoms with Crippen molar-refractivity contribution in [2.24, 2.45) is 0 Å². The second-order valence-electron chi connectivity index (χ2n) is 7.40. The lowest BCUT2D eigenvalue weighted by Gasteiger charge is -2.37. The summed E-state index contributed by atoms with van der Waals surface area (Å²) in [6.45, 7) is 6.54. The zero-order valence-electron chi connectivity index (χ0n) is 15.4. The predicted molar refractivity (Wildman–Crippen MR) is 106 cm³/mol. The first-order valence-corrected chi connectivity index (χ1v) is 9.49. The highest BCUT2D eigenvalue weighted by atomic mass is 15.2. The van der Waals surface area contributed by atoms with Crippen molar-refractivity contribution < 1.29 is 0 Å². The molecule has 0 radical (unpaired) electrons. The van der Waals surface area contributed by atoms with Crippen molar-refractivity contribution in [3.05, 3.63) is 30.5 Å². The number of hydrogen-bond donors (Lipinski definition) is 1. The molecule has 1 aromatic carbocycles. The molecule has 2 aliphatic rings. The van der Waals surface area contributed by atoms with Gasteiger partial charge in [0.1, 0.15) is 5.82 Å². The van der Waals surface area contributed by atoms with Crippen LogP contribution in [-0.2, 0) is 0 Å². The van der Waals surface area contributed by atoms with Crippen LogP contribution in [0.3, 0.4) is 0 Å². The Morgan fingerprint density at radius 2 is 1.72 bits per heavy atom. The van der Waals surface area contributed by atoms with Crippen LogP contribution < -0.4 is 15.1 Å². The Morgan fingerprint density at radius 1 is 1.04 bits per heavy atom. The van der Waals surface area contributed by atoms with Crippen molar-refractivity contribution in [3.8, 4) is 0 Å². The second kappa shape index (κ2) is 7.18. The van der Waals surface area contributed by atoms with Crippen molar-refractivity contribution in [3.63, 3.8) is 0 Å². The number of likely N-dealkylation sites (tertiary alicyclic amines) is 1. The minimum Gasteiger partial charge on any atom is -0.367 e. The average molecular weight is 339 g/mol. The standard InChI is InChI=1S/C20H29N5/c1-23-11-7-16(8-12-23)24(2)20-18-6-4-3-5-17(18)19(15-22-20)25-13-9-21-10-14-25/h3-6,15-16,21H,7-14H2,1-2H3. The Kier molecular flexibility index (Phi) is 4.77. The molecule has 2 aromatic rings. The Bertz CT molecular complexity index is 717. The monoisotopic (exact) mass is 339 g/mol. The molecule has 1 aromatic heterocycles. The number of benzene rings is 1. The number of aromatic nitrogens is 1. The number of nitrogens with zero attached hydrogens (tertiary/aromatic N) is 4. The molecule has 1 N–H and O–H groups in total. The summed E-state index contributed by atoms with van der Waals surface area (Å²) in [6, 6.07) is 9.34. The van der Waals surface area contributed by atoms with Gasteiger partial charge >= 0.3 is 0 Å². The highest BCUT2D eigenvalue weighted by Gasteiger charge is 2.24. The van der Waals surface area contributed by atoms with Crippen molar-refractivity contribution in [1.82, 2.24) is 15.2 Å². The number of pyridine rings is 1. The molecule has 5 heteroatoms. The van der Waals surface area contributed by atoms with E-state index < -0.39 is 0 Å². The van der Waals surface area contributed by atoms with Crippen LogP contribution in [-0.4, -0.2) is 69.3 Å². The molecule has 0 saturated carbocycles. The SMILES string of the molecule is CN1CCC(N(C)c2ncc(N3CCNCC3)c3ccccc23)CC1. The smallest absolute Gasteiger partial charge is 0.136 e. The van der Waals surface area contributed by atoms with Crippen molar-refractivity contribution in [1.29, 1.82) is 0 Å². The quantitative estimate of drug-likeness (QED) is 0.927. The molecular weight excluding hydrogens is 310 g/mol. The molecule has 3 heterocycles. The zero-order valence-corrected chi connectivity index (χ0v) is 15.4. The minimum absolute atomic E-state index is 0.581. The summed E-state index contributed by atoms with van der Waals surface area (Å²) in [5.41, 5.74) is 1.28. The maximum Gasteiger partial charge on any atom is 0.136 e. The van der Waals surface area contributed by atoms with Gasteiger partial charge in [0.15, 0.2) is 0 Å². The first kappa shape index (κ1) is 16.6. The molecule has 4 rings (SSSR count). The lowest BCUT2D eigenvalue weighted by Crippen LogP contribution is -2.44. The number of piperazine rings is 1. The van der Waals surface area contributed by atoms with Gasteiger partial charge in [-0.3, -0.25) is 0 Å². The van der Waals surface area contributed by atoms with Crippen LogP contribution in [0.25, 0.3) is 10.8 Å². The van der Waals surface area contributed by atoms with Crippen molar-refractivity contribution >= 4 is 22.3 Å². The van der Waals surface area contributed by atoms with E-state index in [9.17, 15) is 0 Å². The molecule has 0 atom stereocenters. The first-order valence-electron chi connectivity index (χ1n) is 9.49. The number of anilines is 2. The summed E-state index contributed by atoms with van der Waals surface area (Å²) in [5, 5.41) is 6.04. The van der Waals surface area contributed by atoms with Crippen LogP contribution in [0.1, 0.15) is 12.8 Å². The predicted octanol–water partition coefficient (Wildman–Crippen LogP) is 2.17. The lowest BCUT2D eigenvalue weighted by atomic mass is 10.0. The number of hydrogen-bond acceptors (Lipinski definition) is 5. The van der Waals surface area contributed by atoms with Gasteiger partial charge in [0.2, 0.25) is 0 Å². The third-order valence-electron chi connectivity index (χ3n) is 5.78. The Labute approximate surface area is 150 Å². The Balaban J connectivity index is 1.68. The van der Waals surface area contributed by atoms with Gasteiger partial charge in [-0.1, -0.05) is 24.3 Å². The van der Waals surface area contributed by atoms with Gasteiger partial charge in [-0.2, -0.15) is 0 Å².